The molecule has 0 fully saturated rings. The summed E-state index contributed by atoms with van der Waals surface area (Å²) in [4.78, 5) is 2.12. The molecule has 0 aliphatic rings. The zero-order valence-electron chi connectivity index (χ0n) is 7.31. The summed E-state index contributed by atoms with van der Waals surface area (Å²) in [5, 5.41) is 0. The maximum atomic E-state index is 2.12. The molecule has 1 nitrogen and oxygen atoms in total. The van der Waals surface area contributed by atoms with Crippen LogP contribution in [0.2, 0.25) is 0 Å². The molecule has 0 aromatic rings. The monoisotopic (exact) mass is 107 g/mol. The topological polar surface area (TPSA) is 3.24 Å². The Balaban J connectivity index is -0.000000180. The summed E-state index contributed by atoms with van der Waals surface area (Å²) in [7, 11) is 4.11. The smallest absolute Gasteiger partial charge is 1.00 e. The summed E-state index contributed by atoms with van der Waals surface area (Å²) in [6, 6.07) is 0. The van der Waals surface area contributed by atoms with Crippen LogP contribution in [0.4, 0.5) is 0 Å². The molecule has 0 N–H and O–H groups in total. The molecule has 2 heteroatoms. The van der Waals surface area contributed by atoms with Gasteiger partial charge in [0.05, 0.1) is 0 Å². The molecule has 0 aromatic heterocycles. The normalized spacial score (nSPS) is 10.0. The van der Waals surface area contributed by atoms with E-state index < -0.39 is 0 Å². The summed E-state index contributed by atoms with van der Waals surface area (Å²) < 4.78 is 0. The number of allylic oxidation sites excluding steroid dienone is 1. The van der Waals surface area contributed by atoms with Gasteiger partial charge < -0.3 is 6.33 Å². The van der Waals surface area contributed by atoms with Crippen molar-refractivity contribution in [2.45, 2.75) is 6.92 Å². The van der Waals surface area contributed by atoms with E-state index in [4.69, 9.17) is 0 Å². The van der Waals surface area contributed by atoms with Crippen LogP contribution in [0.25, 0.3) is 0 Å². The van der Waals surface area contributed by atoms with Crippen LogP contribution < -0.4 is 18.9 Å². The van der Waals surface area contributed by atoms with E-state index in [2.05, 4.69) is 31.1 Å². The molecule has 0 radical (unpaired) electrons. The van der Waals surface area contributed by atoms with Gasteiger partial charge in [-0.3, -0.25) is 0 Å². The molecule has 0 aromatic carbocycles. The molecule has 0 bridgehead atoms. The van der Waals surface area contributed by atoms with E-state index in [0.717, 1.165) is 6.54 Å². The Bertz CT molecular complexity index is 64.1. The molecule has 8 heavy (non-hydrogen) atoms. The second kappa shape index (κ2) is 7.30. The van der Waals surface area contributed by atoms with Gasteiger partial charge in [0.1, 0.15) is 0 Å². The van der Waals surface area contributed by atoms with Gasteiger partial charge in [-0.1, -0.05) is 12.2 Å². The molecule has 0 amide bonds. The van der Waals surface area contributed by atoms with Gasteiger partial charge >= 0.3 is 18.9 Å². The first-order valence-electron chi connectivity index (χ1n) is 2.53. The van der Waals surface area contributed by atoms with Gasteiger partial charge in [0, 0.05) is 6.54 Å². The van der Waals surface area contributed by atoms with Crippen molar-refractivity contribution in [3.8, 4) is 0 Å². The molecule has 0 rings (SSSR count). The minimum atomic E-state index is 0. The predicted octanol–water partition coefficient (Wildman–Crippen LogP) is -1.76. The Morgan fingerprint density at radius 1 is 1.50 bits per heavy atom. The average Bonchev–Trinajstić information content (AvgIpc) is 1.61. The van der Waals surface area contributed by atoms with Gasteiger partial charge in [0.15, 0.2) is 0 Å². The van der Waals surface area contributed by atoms with Crippen molar-refractivity contribution in [2.75, 3.05) is 20.6 Å². The molecule has 0 spiro atoms. The number of rotatable bonds is 2. The Hall–Kier alpha value is 0.297. The average molecular weight is 107 g/mol. The number of likely N-dealkylation sites (N-methyl/N-ethyl adjacent to an activating group) is 1. The minimum absolute atomic E-state index is 0. The van der Waals surface area contributed by atoms with Gasteiger partial charge in [-0.2, -0.15) is 0 Å². The van der Waals surface area contributed by atoms with Crippen LogP contribution in [-0.2, 0) is 0 Å². The molecule has 44 valence electrons. The van der Waals surface area contributed by atoms with Crippen molar-refractivity contribution in [3.05, 3.63) is 12.2 Å². The maximum Gasteiger partial charge on any atom is 1.00 e. The van der Waals surface area contributed by atoms with Crippen LogP contribution >= 0.6 is 0 Å². The summed E-state index contributed by atoms with van der Waals surface area (Å²) in [5.41, 5.74) is 0. The fourth-order valence-electron chi connectivity index (χ4n) is 0.316. The van der Waals surface area contributed by atoms with E-state index in [1.165, 1.54) is 0 Å². The van der Waals surface area contributed by atoms with Crippen molar-refractivity contribution >= 4 is 0 Å². The second-order valence-corrected chi connectivity index (χ2v) is 1.83. The molecule has 0 aliphatic carbocycles. The van der Waals surface area contributed by atoms with Gasteiger partial charge in [0.25, 0.3) is 0 Å². The third-order valence-electron chi connectivity index (χ3n) is 0.706. The molecular weight excluding hydrogens is 93.0 g/mol. The molecule has 0 saturated carbocycles. The number of hydrogen-bond donors (Lipinski definition) is 0. The first-order valence-corrected chi connectivity index (χ1v) is 2.53. The molecule has 0 saturated heterocycles. The van der Waals surface area contributed by atoms with E-state index in [-0.39, 0.29) is 20.3 Å². The third kappa shape index (κ3) is 9.57. The van der Waals surface area contributed by atoms with Gasteiger partial charge in [-0.25, -0.2) is 0 Å². The van der Waals surface area contributed by atoms with E-state index in [1.54, 1.807) is 0 Å². The van der Waals surface area contributed by atoms with Crippen molar-refractivity contribution in [1.82, 2.24) is 4.90 Å². The minimum Gasteiger partial charge on any atom is -1.00 e. The van der Waals surface area contributed by atoms with E-state index in [0.29, 0.717) is 0 Å². The van der Waals surface area contributed by atoms with E-state index >= 15 is 0 Å². The number of hydrogen-bond acceptors (Lipinski definition) is 1. The first kappa shape index (κ1) is 11.1. The van der Waals surface area contributed by atoms with Crippen molar-refractivity contribution in [1.29, 1.82) is 0 Å². The summed E-state index contributed by atoms with van der Waals surface area (Å²) in [5.74, 6) is 0. The van der Waals surface area contributed by atoms with Crippen LogP contribution in [0, 0.1) is 0 Å². The second-order valence-electron chi connectivity index (χ2n) is 1.83. The quantitative estimate of drug-likeness (QED) is 0.298. The number of nitrogens with zero attached hydrogens (tertiary/aromatic N) is 1. The molecule has 0 atom stereocenters. The Labute approximate surface area is 65.4 Å². The fourth-order valence-corrected chi connectivity index (χ4v) is 0.316. The summed E-state index contributed by atoms with van der Waals surface area (Å²) >= 11 is 0. The van der Waals surface area contributed by atoms with E-state index in [1.807, 2.05) is 6.92 Å². The van der Waals surface area contributed by atoms with Crippen molar-refractivity contribution in [2.24, 2.45) is 0 Å². The first-order chi connectivity index (χ1) is 3.27. The largest absolute Gasteiger partial charge is 1.00 e. The van der Waals surface area contributed by atoms with Crippen molar-refractivity contribution in [3.63, 3.8) is 0 Å². The molecule has 0 unspecified atom stereocenters. The van der Waals surface area contributed by atoms with Gasteiger partial charge in [-0.15, -0.1) is 0 Å². The summed E-state index contributed by atoms with van der Waals surface area (Å²) in [6.07, 6.45) is 4.18. The van der Waals surface area contributed by atoms with Crippen LogP contribution in [0.5, 0.6) is 0 Å². The standard InChI is InChI=1S/C6H13N.Li.H/c1-4-5-6-7(2)3;;/h4-5H,6H2,1-3H3;;/q;+1;-1/b5-4+;;. The van der Waals surface area contributed by atoms with Gasteiger partial charge in [0.2, 0.25) is 0 Å². The summed E-state index contributed by atoms with van der Waals surface area (Å²) in [6.45, 7) is 3.08. The zero-order chi connectivity index (χ0) is 5.70. The fraction of sp³-hybridized carbons (Fsp3) is 0.667. The predicted molar refractivity (Wildman–Crippen MR) is 34.5 cm³/mol. The maximum absolute atomic E-state index is 2.12. The van der Waals surface area contributed by atoms with E-state index in [9.17, 15) is 0 Å². The van der Waals surface area contributed by atoms with Crippen LogP contribution in [-0.4, -0.2) is 25.5 Å². The zero-order valence-corrected chi connectivity index (χ0v) is 6.31. The Morgan fingerprint density at radius 3 is 2.12 bits per heavy atom. The van der Waals surface area contributed by atoms with Crippen LogP contribution in [0.15, 0.2) is 12.2 Å². The molecule has 0 aliphatic heterocycles. The SMILES string of the molecule is C/C=C/CN(C)C.[H-].[Li+]. The Morgan fingerprint density at radius 2 is 2.00 bits per heavy atom. The van der Waals surface area contributed by atoms with Gasteiger partial charge in [-0.05, 0) is 21.0 Å². The van der Waals surface area contributed by atoms with Crippen LogP contribution in [0.3, 0.4) is 0 Å². The van der Waals surface area contributed by atoms with Crippen molar-refractivity contribution < 1.29 is 20.3 Å². The molecule has 0 heterocycles. The molecular formula is C6H14LiN. The Kier molecular flexibility index (Phi) is 10.2. The third-order valence-corrected chi connectivity index (χ3v) is 0.706. The van der Waals surface area contributed by atoms with Crippen LogP contribution in [0.1, 0.15) is 8.35 Å².